The van der Waals surface area contributed by atoms with Gasteiger partial charge in [-0.2, -0.15) is 0 Å². The fourth-order valence-electron chi connectivity index (χ4n) is 1.45. The van der Waals surface area contributed by atoms with Crippen LogP contribution in [-0.2, 0) is 11.2 Å². The van der Waals surface area contributed by atoms with E-state index in [-0.39, 0.29) is 18.9 Å². The highest BCUT2D eigenvalue weighted by Crippen LogP contribution is 2.17. The van der Waals surface area contributed by atoms with Crippen molar-refractivity contribution in [2.24, 2.45) is 0 Å². The second-order valence-corrected chi connectivity index (χ2v) is 4.92. The third-order valence-corrected chi connectivity index (χ3v) is 3.12. The predicted molar refractivity (Wildman–Crippen MR) is 77.3 cm³/mol. The molecule has 0 atom stereocenters. The van der Waals surface area contributed by atoms with Crippen molar-refractivity contribution in [2.45, 2.75) is 12.8 Å². The van der Waals surface area contributed by atoms with Crippen LogP contribution in [0.25, 0.3) is 0 Å². The predicted octanol–water partition coefficient (Wildman–Crippen LogP) is 1.45. The van der Waals surface area contributed by atoms with Crippen LogP contribution >= 0.6 is 11.3 Å². The molecule has 0 aromatic carbocycles. The lowest BCUT2D eigenvalue weighted by molar-refractivity contribution is -0.115. The number of hydrogen-bond donors (Lipinski definition) is 2. The van der Waals surface area contributed by atoms with E-state index < -0.39 is 0 Å². The Balaban J connectivity index is 1.90. The van der Waals surface area contributed by atoms with Crippen molar-refractivity contribution in [3.63, 3.8) is 0 Å². The van der Waals surface area contributed by atoms with Gasteiger partial charge < -0.3 is 10.4 Å². The van der Waals surface area contributed by atoms with Crippen molar-refractivity contribution >= 4 is 22.4 Å². The lowest BCUT2D eigenvalue weighted by atomic mass is 10.2. The van der Waals surface area contributed by atoms with Gasteiger partial charge in [0.25, 0.3) is 0 Å². The molecular weight excluding hydrogens is 274 g/mol. The summed E-state index contributed by atoms with van der Waals surface area (Å²) in [4.78, 5) is 20.6. The smallest absolute Gasteiger partial charge is 0.230 e. The second-order valence-electron chi connectivity index (χ2n) is 3.89. The van der Waals surface area contributed by atoms with Gasteiger partial charge in [-0.05, 0) is 11.6 Å². The Kier molecular flexibility index (Phi) is 5.24. The molecule has 0 radical (unpaired) electrons. The Morgan fingerprint density at radius 1 is 1.45 bits per heavy atom. The van der Waals surface area contributed by atoms with Gasteiger partial charge in [0.2, 0.25) is 5.91 Å². The minimum Gasteiger partial charge on any atom is -0.395 e. The minimum atomic E-state index is -0.137. The highest BCUT2D eigenvalue weighted by Gasteiger charge is 2.06. The molecule has 20 heavy (non-hydrogen) atoms. The van der Waals surface area contributed by atoms with Gasteiger partial charge in [-0.15, -0.1) is 0 Å². The number of thiazole rings is 1. The van der Waals surface area contributed by atoms with E-state index in [2.05, 4.69) is 27.1 Å². The summed E-state index contributed by atoms with van der Waals surface area (Å²) >= 11 is 1.31. The SMILES string of the molecule is O=C(Cc1cccnc1)Nc1ncc(C#CCCO)s1. The number of carbonyl (C=O) groups excluding carboxylic acids is 1. The van der Waals surface area contributed by atoms with Crippen LogP contribution in [0, 0.1) is 11.8 Å². The molecule has 6 heteroatoms. The van der Waals surface area contributed by atoms with E-state index in [0.29, 0.717) is 11.6 Å². The normalized spacial score (nSPS) is 9.65. The number of carbonyl (C=O) groups is 1. The third kappa shape index (κ3) is 4.46. The molecule has 5 nitrogen and oxygen atoms in total. The Bertz CT molecular complexity index is 629. The van der Waals surface area contributed by atoms with E-state index >= 15 is 0 Å². The molecule has 0 spiro atoms. The number of rotatable bonds is 4. The number of aliphatic hydroxyl groups is 1. The molecule has 2 N–H and O–H groups in total. The van der Waals surface area contributed by atoms with Gasteiger partial charge >= 0.3 is 0 Å². The standard InChI is InChI=1S/C14H13N3O2S/c18-7-2-1-5-12-10-16-14(20-12)17-13(19)8-11-4-3-6-15-9-11/h3-4,6,9-10,18H,2,7-8H2,(H,16,17,19). The Labute approximate surface area is 120 Å². The van der Waals surface area contributed by atoms with Crippen LogP contribution in [0.1, 0.15) is 16.9 Å². The molecule has 0 saturated carbocycles. The molecule has 2 aromatic heterocycles. The van der Waals surface area contributed by atoms with Gasteiger partial charge in [-0.3, -0.25) is 9.78 Å². The fraction of sp³-hybridized carbons (Fsp3) is 0.214. The maximum absolute atomic E-state index is 11.8. The van der Waals surface area contributed by atoms with E-state index in [1.54, 1.807) is 24.7 Å². The molecule has 0 fully saturated rings. The molecule has 0 unspecified atom stereocenters. The number of pyridine rings is 1. The van der Waals surface area contributed by atoms with Gasteiger partial charge in [-0.25, -0.2) is 4.98 Å². The number of hydrogen-bond acceptors (Lipinski definition) is 5. The van der Waals surface area contributed by atoms with Gasteiger partial charge in [0.05, 0.1) is 24.1 Å². The molecule has 0 aliphatic heterocycles. The number of anilines is 1. The van der Waals surface area contributed by atoms with Crippen molar-refractivity contribution < 1.29 is 9.90 Å². The van der Waals surface area contributed by atoms with Crippen molar-refractivity contribution in [1.29, 1.82) is 0 Å². The quantitative estimate of drug-likeness (QED) is 0.835. The minimum absolute atomic E-state index is 0.0422. The first-order chi connectivity index (χ1) is 9.78. The summed E-state index contributed by atoms with van der Waals surface area (Å²) in [5, 5.41) is 11.9. The Hall–Kier alpha value is -2.23. The molecule has 1 amide bonds. The van der Waals surface area contributed by atoms with Gasteiger partial charge in [-0.1, -0.05) is 29.2 Å². The summed E-state index contributed by atoms with van der Waals surface area (Å²) in [6, 6.07) is 3.64. The molecule has 0 aliphatic carbocycles. The summed E-state index contributed by atoms with van der Waals surface area (Å²) in [7, 11) is 0. The first kappa shape index (κ1) is 14.2. The van der Waals surface area contributed by atoms with Crippen LogP contribution in [0.15, 0.2) is 30.7 Å². The summed E-state index contributed by atoms with van der Waals surface area (Å²) in [5.41, 5.74) is 0.851. The average Bonchev–Trinajstić information content (AvgIpc) is 2.87. The fourth-order valence-corrected chi connectivity index (χ4v) is 2.15. The zero-order chi connectivity index (χ0) is 14.2. The molecule has 2 rings (SSSR count). The zero-order valence-corrected chi connectivity index (χ0v) is 11.5. The van der Waals surface area contributed by atoms with Crippen LogP contribution < -0.4 is 5.32 Å². The summed E-state index contributed by atoms with van der Waals surface area (Å²) < 4.78 is 0. The molecule has 102 valence electrons. The van der Waals surface area contributed by atoms with Crippen molar-refractivity contribution in [1.82, 2.24) is 9.97 Å². The lowest BCUT2D eigenvalue weighted by Gasteiger charge is -2.00. The maximum Gasteiger partial charge on any atom is 0.230 e. The largest absolute Gasteiger partial charge is 0.395 e. The molecule has 0 saturated heterocycles. The molecule has 0 aliphatic rings. The van der Waals surface area contributed by atoms with Crippen molar-refractivity contribution in [3.8, 4) is 11.8 Å². The zero-order valence-electron chi connectivity index (χ0n) is 10.7. The lowest BCUT2D eigenvalue weighted by Crippen LogP contribution is -2.14. The van der Waals surface area contributed by atoms with Crippen LogP contribution in [0.4, 0.5) is 5.13 Å². The first-order valence-corrected chi connectivity index (χ1v) is 6.84. The van der Waals surface area contributed by atoms with Crippen molar-refractivity contribution in [2.75, 3.05) is 11.9 Å². The Morgan fingerprint density at radius 2 is 2.35 bits per heavy atom. The topological polar surface area (TPSA) is 75.1 Å². The highest BCUT2D eigenvalue weighted by atomic mass is 32.1. The molecular formula is C14H13N3O2S. The molecule has 2 heterocycles. The van der Waals surface area contributed by atoms with Crippen molar-refractivity contribution in [3.05, 3.63) is 41.2 Å². The van der Waals surface area contributed by atoms with E-state index in [1.807, 2.05) is 6.07 Å². The van der Waals surface area contributed by atoms with E-state index in [4.69, 9.17) is 5.11 Å². The number of amides is 1. The van der Waals surface area contributed by atoms with E-state index in [0.717, 1.165) is 10.4 Å². The summed E-state index contributed by atoms with van der Waals surface area (Å²) in [6.07, 6.45) is 5.63. The van der Waals surface area contributed by atoms with Crippen LogP contribution in [0.5, 0.6) is 0 Å². The van der Waals surface area contributed by atoms with Gasteiger partial charge in [0.1, 0.15) is 0 Å². The number of nitrogens with zero attached hydrogens (tertiary/aromatic N) is 2. The number of nitrogens with one attached hydrogen (secondary N) is 1. The Morgan fingerprint density at radius 3 is 3.10 bits per heavy atom. The number of aliphatic hydroxyl groups excluding tert-OH is 1. The van der Waals surface area contributed by atoms with E-state index in [1.165, 1.54) is 11.3 Å². The molecule has 2 aromatic rings. The molecule has 0 bridgehead atoms. The first-order valence-electron chi connectivity index (χ1n) is 6.02. The van der Waals surface area contributed by atoms with E-state index in [9.17, 15) is 4.79 Å². The summed E-state index contributed by atoms with van der Waals surface area (Å²) in [5.74, 6) is 5.54. The van der Waals surface area contributed by atoms with Crippen LogP contribution in [-0.4, -0.2) is 27.6 Å². The third-order valence-electron chi connectivity index (χ3n) is 2.29. The monoisotopic (exact) mass is 287 g/mol. The van der Waals surface area contributed by atoms with Gasteiger partial charge in [0.15, 0.2) is 5.13 Å². The second kappa shape index (κ2) is 7.38. The summed E-state index contributed by atoms with van der Waals surface area (Å²) in [6.45, 7) is 0.0422. The average molecular weight is 287 g/mol. The highest BCUT2D eigenvalue weighted by molar-refractivity contribution is 7.16. The van der Waals surface area contributed by atoms with Crippen LogP contribution in [0.2, 0.25) is 0 Å². The maximum atomic E-state index is 11.8. The van der Waals surface area contributed by atoms with Crippen LogP contribution in [0.3, 0.4) is 0 Å². The van der Waals surface area contributed by atoms with Gasteiger partial charge in [0, 0.05) is 18.8 Å². The number of aromatic nitrogens is 2.